The number of nitrogens with zero attached hydrogens (tertiary/aromatic N) is 1. The number of carbonyl (C=O) groups is 1. The minimum atomic E-state index is -0.498. The molecule has 1 saturated heterocycles. The Balaban J connectivity index is 2.72. The average Bonchev–Trinajstić information content (AvgIpc) is 1.99. The number of piperazine rings is 1. The molecule has 0 saturated carbocycles. The SMILES string of the molecule is CC1(C)C(=O)NCCN1CC(N)=S. The molecule has 0 unspecified atom stereocenters. The molecule has 1 rings (SSSR count). The third-order valence-electron chi connectivity index (χ3n) is 2.36. The Kier molecular flexibility index (Phi) is 2.87. The average molecular weight is 201 g/mol. The van der Waals surface area contributed by atoms with E-state index in [0.717, 1.165) is 6.54 Å². The van der Waals surface area contributed by atoms with Crippen molar-refractivity contribution < 1.29 is 4.79 Å². The summed E-state index contributed by atoms with van der Waals surface area (Å²) in [5, 5.41) is 2.81. The lowest BCUT2D eigenvalue weighted by Gasteiger charge is -2.40. The maximum atomic E-state index is 11.5. The molecule has 0 aromatic carbocycles. The molecule has 1 fully saturated rings. The van der Waals surface area contributed by atoms with E-state index in [4.69, 9.17) is 18.0 Å². The van der Waals surface area contributed by atoms with E-state index in [1.54, 1.807) is 0 Å². The molecule has 5 heteroatoms. The maximum absolute atomic E-state index is 11.5. The van der Waals surface area contributed by atoms with E-state index in [2.05, 4.69) is 5.32 Å². The van der Waals surface area contributed by atoms with Gasteiger partial charge < -0.3 is 11.1 Å². The summed E-state index contributed by atoms with van der Waals surface area (Å²) in [6.45, 7) is 5.73. The van der Waals surface area contributed by atoms with E-state index >= 15 is 0 Å². The molecule has 0 aromatic heterocycles. The zero-order chi connectivity index (χ0) is 10.1. The molecule has 0 radical (unpaired) electrons. The predicted octanol–water partition coefficient (Wildman–Crippen LogP) is -0.517. The van der Waals surface area contributed by atoms with Gasteiger partial charge in [-0.1, -0.05) is 12.2 Å². The van der Waals surface area contributed by atoms with Crippen molar-refractivity contribution >= 4 is 23.1 Å². The van der Waals surface area contributed by atoms with Gasteiger partial charge in [0.2, 0.25) is 5.91 Å². The summed E-state index contributed by atoms with van der Waals surface area (Å²) in [4.78, 5) is 13.9. The molecule has 13 heavy (non-hydrogen) atoms. The fraction of sp³-hybridized carbons (Fsp3) is 0.750. The number of hydrogen-bond acceptors (Lipinski definition) is 3. The van der Waals surface area contributed by atoms with E-state index in [-0.39, 0.29) is 5.91 Å². The third kappa shape index (κ3) is 2.16. The van der Waals surface area contributed by atoms with Crippen LogP contribution in [0.15, 0.2) is 0 Å². The molecule has 1 aliphatic heterocycles. The standard InChI is InChI=1S/C8H15N3OS/c1-8(2)7(12)10-3-4-11(8)5-6(9)13/h3-5H2,1-2H3,(H2,9,13)(H,10,12). The first-order chi connectivity index (χ1) is 5.94. The summed E-state index contributed by atoms with van der Waals surface area (Å²) >= 11 is 4.82. The number of carbonyl (C=O) groups excluding carboxylic acids is 1. The molecule has 0 bridgehead atoms. The van der Waals surface area contributed by atoms with Crippen LogP contribution in [0.3, 0.4) is 0 Å². The van der Waals surface area contributed by atoms with Gasteiger partial charge in [0.25, 0.3) is 0 Å². The monoisotopic (exact) mass is 201 g/mol. The summed E-state index contributed by atoms with van der Waals surface area (Å²) in [7, 11) is 0. The van der Waals surface area contributed by atoms with Gasteiger partial charge in [-0.15, -0.1) is 0 Å². The predicted molar refractivity (Wildman–Crippen MR) is 55.4 cm³/mol. The smallest absolute Gasteiger partial charge is 0.240 e. The van der Waals surface area contributed by atoms with Crippen LogP contribution in [-0.4, -0.2) is 41.0 Å². The summed E-state index contributed by atoms with van der Waals surface area (Å²) in [6, 6.07) is 0. The van der Waals surface area contributed by atoms with Gasteiger partial charge in [-0.3, -0.25) is 9.69 Å². The fourth-order valence-electron chi connectivity index (χ4n) is 1.41. The molecule has 0 aromatic rings. The Morgan fingerprint density at radius 3 is 2.92 bits per heavy atom. The van der Waals surface area contributed by atoms with Crippen LogP contribution >= 0.6 is 12.2 Å². The van der Waals surface area contributed by atoms with Crippen LogP contribution in [0.4, 0.5) is 0 Å². The molecule has 0 spiro atoms. The highest BCUT2D eigenvalue weighted by Crippen LogP contribution is 2.16. The summed E-state index contributed by atoms with van der Waals surface area (Å²) in [5.74, 6) is 0.0370. The lowest BCUT2D eigenvalue weighted by molar-refractivity contribution is -0.134. The van der Waals surface area contributed by atoms with Crippen LogP contribution in [0.5, 0.6) is 0 Å². The van der Waals surface area contributed by atoms with Crippen LogP contribution in [0.25, 0.3) is 0 Å². The van der Waals surface area contributed by atoms with Crippen molar-refractivity contribution in [1.82, 2.24) is 10.2 Å². The highest BCUT2D eigenvalue weighted by molar-refractivity contribution is 7.80. The molecule has 0 aliphatic carbocycles. The van der Waals surface area contributed by atoms with Crippen molar-refractivity contribution in [1.29, 1.82) is 0 Å². The van der Waals surface area contributed by atoms with Crippen molar-refractivity contribution in [2.75, 3.05) is 19.6 Å². The van der Waals surface area contributed by atoms with Crippen molar-refractivity contribution in [3.63, 3.8) is 0 Å². The van der Waals surface area contributed by atoms with Gasteiger partial charge in [0, 0.05) is 19.6 Å². The second kappa shape index (κ2) is 3.59. The number of nitrogens with one attached hydrogen (secondary N) is 1. The van der Waals surface area contributed by atoms with Gasteiger partial charge in [-0.2, -0.15) is 0 Å². The van der Waals surface area contributed by atoms with Gasteiger partial charge in [0.15, 0.2) is 0 Å². The molecule has 4 nitrogen and oxygen atoms in total. The second-order valence-electron chi connectivity index (χ2n) is 3.70. The largest absolute Gasteiger partial charge is 0.392 e. The van der Waals surface area contributed by atoms with Crippen LogP contribution in [-0.2, 0) is 4.79 Å². The zero-order valence-electron chi connectivity index (χ0n) is 7.96. The molecular weight excluding hydrogens is 186 g/mol. The molecule has 3 N–H and O–H groups in total. The van der Waals surface area contributed by atoms with Gasteiger partial charge in [-0.25, -0.2) is 0 Å². The van der Waals surface area contributed by atoms with Gasteiger partial charge >= 0.3 is 0 Å². The highest BCUT2D eigenvalue weighted by atomic mass is 32.1. The Morgan fingerprint density at radius 2 is 2.38 bits per heavy atom. The molecule has 0 atom stereocenters. The van der Waals surface area contributed by atoms with Crippen molar-refractivity contribution in [3.8, 4) is 0 Å². The Bertz CT molecular complexity index is 240. The normalized spacial score (nSPS) is 22.5. The first kappa shape index (κ1) is 10.4. The Labute approximate surface area is 83.5 Å². The molecule has 74 valence electrons. The van der Waals surface area contributed by atoms with Crippen molar-refractivity contribution in [2.24, 2.45) is 5.73 Å². The second-order valence-corrected chi connectivity index (χ2v) is 4.23. The first-order valence-electron chi connectivity index (χ1n) is 4.26. The molecule has 1 amide bonds. The highest BCUT2D eigenvalue weighted by Gasteiger charge is 2.37. The van der Waals surface area contributed by atoms with E-state index in [1.165, 1.54) is 0 Å². The number of thiocarbonyl (C=S) groups is 1. The number of hydrogen-bond donors (Lipinski definition) is 2. The topological polar surface area (TPSA) is 58.4 Å². The van der Waals surface area contributed by atoms with Crippen LogP contribution in [0.1, 0.15) is 13.8 Å². The lowest BCUT2D eigenvalue weighted by atomic mass is 9.99. The molecular formula is C8H15N3OS. The van der Waals surface area contributed by atoms with Crippen molar-refractivity contribution in [3.05, 3.63) is 0 Å². The zero-order valence-corrected chi connectivity index (χ0v) is 8.78. The minimum Gasteiger partial charge on any atom is -0.392 e. The molecule has 1 aliphatic rings. The van der Waals surface area contributed by atoms with Crippen LogP contribution in [0.2, 0.25) is 0 Å². The van der Waals surface area contributed by atoms with Crippen molar-refractivity contribution in [2.45, 2.75) is 19.4 Å². The number of rotatable bonds is 2. The summed E-state index contributed by atoms with van der Waals surface area (Å²) < 4.78 is 0. The number of nitrogens with two attached hydrogens (primary N) is 1. The Morgan fingerprint density at radius 1 is 1.77 bits per heavy atom. The summed E-state index contributed by atoms with van der Waals surface area (Å²) in [5.41, 5.74) is 4.95. The van der Waals surface area contributed by atoms with Crippen LogP contribution < -0.4 is 11.1 Å². The first-order valence-corrected chi connectivity index (χ1v) is 4.67. The van der Waals surface area contributed by atoms with E-state index < -0.39 is 5.54 Å². The fourth-order valence-corrected chi connectivity index (χ4v) is 1.56. The summed E-state index contributed by atoms with van der Waals surface area (Å²) in [6.07, 6.45) is 0. The van der Waals surface area contributed by atoms with Gasteiger partial charge in [0.1, 0.15) is 0 Å². The van der Waals surface area contributed by atoms with Gasteiger partial charge in [-0.05, 0) is 13.8 Å². The minimum absolute atomic E-state index is 0.0370. The van der Waals surface area contributed by atoms with Crippen LogP contribution in [0, 0.1) is 0 Å². The van der Waals surface area contributed by atoms with E-state index in [9.17, 15) is 4.79 Å². The van der Waals surface area contributed by atoms with E-state index in [0.29, 0.717) is 18.1 Å². The quantitative estimate of drug-likeness (QED) is 0.590. The number of amides is 1. The lowest BCUT2D eigenvalue weighted by Crippen LogP contribution is -2.62. The maximum Gasteiger partial charge on any atom is 0.240 e. The molecule has 1 heterocycles. The van der Waals surface area contributed by atoms with Gasteiger partial charge in [0.05, 0.1) is 10.5 Å². The van der Waals surface area contributed by atoms with E-state index in [1.807, 2.05) is 18.7 Å². The third-order valence-corrected chi connectivity index (χ3v) is 2.49. The Hall–Kier alpha value is -0.680.